The van der Waals surface area contributed by atoms with E-state index >= 15 is 0 Å². The summed E-state index contributed by atoms with van der Waals surface area (Å²) < 4.78 is 5.29. The van der Waals surface area contributed by atoms with Crippen molar-refractivity contribution in [2.24, 2.45) is 23.2 Å². The van der Waals surface area contributed by atoms with Crippen LogP contribution in [0, 0.1) is 23.2 Å². The summed E-state index contributed by atoms with van der Waals surface area (Å²) in [7, 11) is 0. The molecule has 1 saturated carbocycles. The number of rotatable bonds is 5. The van der Waals surface area contributed by atoms with Crippen LogP contribution in [-0.2, 0) is 9.53 Å². The zero-order chi connectivity index (χ0) is 11.9. The van der Waals surface area contributed by atoms with Gasteiger partial charge in [0.05, 0.1) is 13.2 Å². The number of fused-ring (bicyclic) bond motifs is 2. The van der Waals surface area contributed by atoms with Gasteiger partial charge in [0, 0.05) is 18.3 Å². The fraction of sp³-hybridized carbons (Fsp3) is 0.800. The fourth-order valence-electron chi connectivity index (χ4n) is 3.73. The van der Waals surface area contributed by atoms with Gasteiger partial charge in [-0.2, -0.15) is 0 Å². The van der Waals surface area contributed by atoms with Crippen molar-refractivity contribution in [1.82, 2.24) is 0 Å². The lowest BCUT2D eigenvalue weighted by molar-refractivity contribution is -0.143. The van der Waals surface area contributed by atoms with E-state index in [4.69, 9.17) is 4.74 Å². The summed E-state index contributed by atoms with van der Waals surface area (Å²) in [6.45, 7) is 3.77. The molecular formula is C15H22O2. The Morgan fingerprint density at radius 3 is 2.65 bits per heavy atom. The van der Waals surface area contributed by atoms with E-state index in [1.54, 1.807) is 0 Å². The van der Waals surface area contributed by atoms with Gasteiger partial charge in [-0.1, -0.05) is 19.1 Å². The van der Waals surface area contributed by atoms with Gasteiger partial charge in [-0.15, -0.1) is 0 Å². The van der Waals surface area contributed by atoms with Crippen molar-refractivity contribution in [3.8, 4) is 0 Å². The Morgan fingerprint density at radius 2 is 2.18 bits per heavy atom. The highest BCUT2D eigenvalue weighted by atomic mass is 16.5. The highest BCUT2D eigenvalue weighted by Crippen LogP contribution is 2.45. The van der Waals surface area contributed by atoms with E-state index in [9.17, 15) is 4.79 Å². The van der Waals surface area contributed by atoms with Crippen LogP contribution in [-0.4, -0.2) is 19.0 Å². The molecule has 0 radical (unpaired) electrons. The molecule has 0 aromatic heterocycles. The average Bonchev–Trinajstić information content (AvgIpc) is 2.85. The van der Waals surface area contributed by atoms with Gasteiger partial charge in [0.25, 0.3) is 0 Å². The minimum atomic E-state index is 0.199. The van der Waals surface area contributed by atoms with E-state index in [0.29, 0.717) is 17.6 Å². The Kier molecular flexibility index (Phi) is 2.86. The topological polar surface area (TPSA) is 26.3 Å². The number of carbonyl (C=O) groups is 1. The molecule has 2 nitrogen and oxygen atoms in total. The molecule has 1 aliphatic heterocycles. The first-order chi connectivity index (χ1) is 8.21. The molecule has 0 aromatic carbocycles. The number of hydrogen-bond acceptors (Lipinski definition) is 2. The number of carbonyl (C=O) groups excluding carboxylic acids is 1. The molecule has 0 aromatic rings. The molecular weight excluding hydrogens is 212 g/mol. The van der Waals surface area contributed by atoms with Gasteiger partial charge in [-0.05, 0) is 37.0 Å². The zero-order valence-corrected chi connectivity index (χ0v) is 10.7. The maximum Gasteiger partial charge on any atom is 0.133 e. The van der Waals surface area contributed by atoms with Crippen LogP contribution in [0.4, 0.5) is 0 Å². The first-order valence-corrected chi connectivity index (χ1v) is 6.98. The van der Waals surface area contributed by atoms with Crippen molar-refractivity contribution < 1.29 is 9.53 Å². The molecule has 1 saturated heterocycles. The average molecular weight is 234 g/mol. The van der Waals surface area contributed by atoms with Gasteiger partial charge < -0.3 is 4.74 Å². The largest absolute Gasteiger partial charge is 0.380 e. The molecule has 1 heterocycles. The molecule has 2 aliphatic carbocycles. The normalized spacial score (nSPS) is 37.1. The van der Waals surface area contributed by atoms with E-state index in [-0.39, 0.29) is 5.41 Å². The second-order valence-electron chi connectivity index (χ2n) is 6.31. The maximum absolute atomic E-state index is 12.2. The Balaban J connectivity index is 1.52. The van der Waals surface area contributed by atoms with Crippen LogP contribution in [0.15, 0.2) is 12.2 Å². The Hall–Kier alpha value is -0.630. The number of ketones is 1. The molecule has 2 heteroatoms. The number of hydrogen-bond donors (Lipinski definition) is 0. The molecule has 2 bridgehead atoms. The number of allylic oxidation sites excluding steroid dienone is 2. The summed E-state index contributed by atoms with van der Waals surface area (Å²) in [5, 5.41) is 0. The predicted molar refractivity (Wildman–Crippen MR) is 66.6 cm³/mol. The summed E-state index contributed by atoms with van der Waals surface area (Å²) in [6.07, 6.45) is 9.89. The molecule has 94 valence electrons. The van der Waals surface area contributed by atoms with Crippen molar-refractivity contribution in [2.75, 3.05) is 13.2 Å². The first-order valence-electron chi connectivity index (χ1n) is 6.98. The van der Waals surface area contributed by atoms with E-state index in [0.717, 1.165) is 38.4 Å². The van der Waals surface area contributed by atoms with Crippen LogP contribution < -0.4 is 0 Å². The quantitative estimate of drug-likeness (QED) is 0.684. The number of Topliss-reactive ketones (excluding diaryl/α,β-unsaturated/α-hetero) is 1. The third-order valence-corrected chi connectivity index (χ3v) is 5.04. The molecule has 17 heavy (non-hydrogen) atoms. The van der Waals surface area contributed by atoms with Crippen LogP contribution in [0.2, 0.25) is 0 Å². The molecule has 3 unspecified atom stereocenters. The van der Waals surface area contributed by atoms with Crippen LogP contribution in [0.25, 0.3) is 0 Å². The third kappa shape index (κ3) is 2.08. The summed E-state index contributed by atoms with van der Waals surface area (Å²) in [6, 6.07) is 0. The summed E-state index contributed by atoms with van der Waals surface area (Å²) >= 11 is 0. The SMILES string of the molecule is CCC1(CC(=O)CC2CC3C=CC2C3)COC1. The third-order valence-electron chi connectivity index (χ3n) is 5.04. The van der Waals surface area contributed by atoms with E-state index in [1.807, 2.05) is 0 Å². The van der Waals surface area contributed by atoms with Crippen LogP contribution in [0.3, 0.4) is 0 Å². The van der Waals surface area contributed by atoms with E-state index < -0.39 is 0 Å². The minimum absolute atomic E-state index is 0.199. The minimum Gasteiger partial charge on any atom is -0.380 e. The van der Waals surface area contributed by atoms with Gasteiger partial charge in [0.1, 0.15) is 5.78 Å². The second kappa shape index (κ2) is 4.24. The molecule has 3 atom stereocenters. The van der Waals surface area contributed by atoms with Gasteiger partial charge in [0.15, 0.2) is 0 Å². The summed E-state index contributed by atoms with van der Waals surface area (Å²) in [5.74, 6) is 2.61. The molecule has 3 rings (SSSR count). The van der Waals surface area contributed by atoms with Crippen LogP contribution in [0.5, 0.6) is 0 Å². The Bertz CT molecular complexity index is 335. The van der Waals surface area contributed by atoms with Gasteiger partial charge >= 0.3 is 0 Å². The van der Waals surface area contributed by atoms with E-state index in [2.05, 4.69) is 19.1 Å². The smallest absolute Gasteiger partial charge is 0.133 e. The lowest BCUT2D eigenvalue weighted by Gasteiger charge is -2.40. The lowest BCUT2D eigenvalue weighted by Crippen LogP contribution is -2.43. The monoisotopic (exact) mass is 234 g/mol. The lowest BCUT2D eigenvalue weighted by atomic mass is 9.76. The molecule has 0 amide bonds. The highest BCUT2D eigenvalue weighted by Gasteiger charge is 2.41. The Labute approximate surface area is 103 Å². The standard InChI is InChI=1S/C15H22O2/c1-2-15(9-17-10-15)8-14(16)7-13-6-11-3-4-12(13)5-11/h3-4,11-13H,2,5-10H2,1H3. The summed E-state index contributed by atoms with van der Waals surface area (Å²) in [4.78, 5) is 12.2. The van der Waals surface area contributed by atoms with E-state index in [1.165, 1.54) is 12.8 Å². The predicted octanol–water partition coefficient (Wildman–Crippen LogP) is 2.97. The molecule has 0 spiro atoms. The molecule has 2 fully saturated rings. The highest BCUT2D eigenvalue weighted by molar-refractivity contribution is 5.79. The first kappa shape index (κ1) is 11.5. The van der Waals surface area contributed by atoms with Crippen LogP contribution >= 0.6 is 0 Å². The zero-order valence-electron chi connectivity index (χ0n) is 10.7. The molecule has 0 N–H and O–H groups in total. The molecule has 3 aliphatic rings. The fourth-order valence-corrected chi connectivity index (χ4v) is 3.73. The van der Waals surface area contributed by atoms with Crippen molar-refractivity contribution >= 4 is 5.78 Å². The Morgan fingerprint density at radius 1 is 1.35 bits per heavy atom. The van der Waals surface area contributed by atoms with Crippen molar-refractivity contribution in [3.63, 3.8) is 0 Å². The van der Waals surface area contributed by atoms with Gasteiger partial charge in [-0.25, -0.2) is 0 Å². The van der Waals surface area contributed by atoms with Crippen LogP contribution in [0.1, 0.15) is 39.0 Å². The maximum atomic E-state index is 12.2. The van der Waals surface area contributed by atoms with Crippen molar-refractivity contribution in [3.05, 3.63) is 12.2 Å². The number of ether oxygens (including phenoxy) is 1. The second-order valence-corrected chi connectivity index (χ2v) is 6.31. The van der Waals surface area contributed by atoms with Gasteiger partial charge in [-0.3, -0.25) is 4.79 Å². The van der Waals surface area contributed by atoms with Gasteiger partial charge in [0.2, 0.25) is 0 Å². The van der Waals surface area contributed by atoms with Crippen molar-refractivity contribution in [2.45, 2.75) is 39.0 Å². The van der Waals surface area contributed by atoms with Crippen molar-refractivity contribution in [1.29, 1.82) is 0 Å². The summed E-state index contributed by atoms with van der Waals surface area (Å²) in [5.41, 5.74) is 0.199.